The van der Waals surface area contributed by atoms with Crippen molar-refractivity contribution in [2.24, 2.45) is 5.73 Å². The van der Waals surface area contributed by atoms with Gasteiger partial charge in [0.2, 0.25) is 0 Å². The van der Waals surface area contributed by atoms with Crippen LogP contribution in [-0.2, 0) is 4.18 Å². The lowest BCUT2D eigenvalue weighted by Gasteiger charge is -1.93. The molecule has 0 fully saturated rings. The molecule has 0 aliphatic carbocycles. The van der Waals surface area contributed by atoms with E-state index in [0.717, 1.165) is 16.8 Å². The fraction of sp³-hybridized carbons (Fsp3) is 0.250. The lowest BCUT2D eigenvalue weighted by Crippen LogP contribution is -2.07. The summed E-state index contributed by atoms with van der Waals surface area (Å²) in [5.74, 6) is 0.734. The second-order valence-electron chi connectivity index (χ2n) is 1.04. The first-order chi connectivity index (χ1) is 4.27. The van der Waals surface area contributed by atoms with Gasteiger partial charge < -0.3 is 9.92 Å². The SMILES string of the molecule is C=CCSSOC(N)=O. The third kappa shape index (κ3) is 7.71. The second kappa shape index (κ2) is 5.84. The zero-order valence-corrected chi connectivity index (χ0v) is 6.33. The molecule has 2 N–H and O–H groups in total. The summed E-state index contributed by atoms with van der Waals surface area (Å²) in [6.07, 6.45) is 0.943. The van der Waals surface area contributed by atoms with Gasteiger partial charge in [-0.1, -0.05) is 6.08 Å². The minimum atomic E-state index is -0.767. The maximum absolute atomic E-state index is 9.90. The summed E-state index contributed by atoms with van der Waals surface area (Å²) in [5.41, 5.74) is 4.65. The number of carbonyl (C=O) groups is 1. The fourth-order valence-electron chi connectivity index (χ4n) is 0.133. The summed E-state index contributed by atoms with van der Waals surface area (Å²) in [6.45, 7) is 3.47. The van der Waals surface area contributed by atoms with Gasteiger partial charge >= 0.3 is 6.09 Å². The van der Waals surface area contributed by atoms with Crippen molar-refractivity contribution in [3.05, 3.63) is 12.7 Å². The normalized spacial score (nSPS) is 8.44. The molecular weight excluding hydrogens is 158 g/mol. The summed E-state index contributed by atoms with van der Waals surface area (Å²) in [5, 5.41) is 0. The summed E-state index contributed by atoms with van der Waals surface area (Å²) in [6, 6.07) is 0. The van der Waals surface area contributed by atoms with Crippen LogP contribution in [0.25, 0.3) is 0 Å². The molecule has 0 aliphatic heterocycles. The average Bonchev–Trinajstić information content (AvgIpc) is 1.80. The lowest BCUT2D eigenvalue weighted by atomic mass is 10.8. The van der Waals surface area contributed by atoms with Crippen LogP contribution in [0.5, 0.6) is 0 Å². The molecule has 0 bridgehead atoms. The van der Waals surface area contributed by atoms with Gasteiger partial charge in [-0.05, 0) is 10.8 Å². The van der Waals surface area contributed by atoms with Crippen LogP contribution in [0.1, 0.15) is 0 Å². The van der Waals surface area contributed by atoms with Crippen LogP contribution in [0.4, 0.5) is 4.79 Å². The van der Waals surface area contributed by atoms with E-state index in [-0.39, 0.29) is 0 Å². The average molecular weight is 165 g/mol. The zero-order chi connectivity index (χ0) is 7.11. The highest BCUT2D eigenvalue weighted by Gasteiger charge is 1.92. The molecular formula is C4H7NO2S2. The highest BCUT2D eigenvalue weighted by molar-refractivity contribution is 8.75. The zero-order valence-electron chi connectivity index (χ0n) is 4.70. The van der Waals surface area contributed by atoms with Gasteiger partial charge in [0, 0.05) is 5.75 Å². The molecule has 0 saturated carbocycles. The Morgan fingerprint density at radius 3 is 3.00 bits per heavy atom. The first-order valence-corrected chi connectivity index (χ1v) is 4.38. The van der Waals surface area contributed by atoms with E-state index in [1.54, 1.807) is 6.08 Å². The lowest BCUT2D eigenvalue weighted by molar-refractivity contribution is 0.219. The molecule has 3 nitrogen and oxygen atoms in total. The van der Waals surface area contributed by atoms with E-state index in [9.17, 15) is 4.79 Å². The summed E-state index contributed by atoms with van der Waals surface area (Å²) in [4.78, 5) is 9.90. The largest absolute Gasteiger partial charge is 0.417 e. The van der Waals surface area contributed by atoms with E-state index in [0.29, 0.717) is 0 Å². The fourth-order valence-corrected chi connectivity index (χ4v) is 1.20. The van der Waals surface area contributed by atoms with Crippen LogP contribution >= 0.6 is 21.9 Å². The predicted octanol–water partition coefficient (Wildman–Crippen LogP) is 1.56. The molecule has 0 aromatic rings. The quantitative estimate of drug-likeness (QED) is 0.297. The van der Waals surface area contributed by atoms with Crippen molar-refractivity contribution in [3.8, 4) is 0 Å². The van der Waals surface area contributed by atoms with E-state index in [4.69, 9.17) is 0 Å². The van der Waals surface area contributed by atoms with Crippen molar-refractivity contribution in [2.45, 2.75) is 0 Å². The van der Waals surface area contributed by atoms with Crippen molar-refractivity contribution in [1.29, 1.82) is 0 Å². The number of rotatable bonds is 4. The Morgan fingerprint density at radius 1 is 1.89 bits per heavy atom. The first-order valence-electron chi connectivity index (χ1n) is 2.14. The molecule has 0 spiro atoms. The molecule has 0 aromatic heterocycles. The highest BCUT2D eigenvalue weighted by Crippen LogP contribution is 2.21. The standard InChI is InChI=1S/C4H7NO2S2/c1-2-3-8-9-7-4(5)6/h2H,1,3H2,(H2,5,6). The van der Waals surface area contributed by atoms with E-state index in [1.165, 1.54) is 10.8 Å². The number of amides is 1. The van der Waals surface area contributed by atoms with Gasteiger partial charge in [0.1, 0.15) is 11.1 Å². The molecule has 9 heavy (non-hydrogen) atoms. The highest BCUT2D eigenvalue weighted by atomic mass is 33.1. The molecule has 0 unspecified atom stereocenters. The Kier molecular flexibility index (Phi) is 5.65. The molecule has 52 valence electrons. The molecule has 0 aromatic carbocycles. The number of nitrogens with two attached hydrogens (primary N) is 1. The van der Waals surface area contributed by atoms with E-state index < -0.39 is 6.09 Å². The summed E-state index contributed by atoms with van der Waals surface area (Å²) >= 11 is 0.957. The van der Waals surface area contributed by atoms with E-state index >= 15 is 0 Å². The second-order valence-corrected chi connectivity index (χ2v) is 3.03. The maximum atomic E-state index is 9.90. The molecule has 0 atom stereocenters. The molecule has 5 heteroatoms. The van der Waals surface area contributed by atoms with Crippen molar-refractivity contribution in [2.75, 3.05) is 5.75 Å². The van der Waals surface area contributed by atoms with Crippen LogP contribution in [0.15, 0.2) is 12.7 Å². The Labute approximate surface area is 61.6 Å². The Balaban J connectivity index is 2.91. The van der Waals surface area contributed by atoms with Crippen LogP contribution in [0.3, 0.4) is 0 Å². The maximum Gasteiger partial charge on any atom is 0.417 e. The summed E-state index contributed by atoms with van der Waals surface area (Å²) in [7, 11) is 1.36. The van der Waals surface area contributed by atoms with Gasteiger partial charge in [-0.15, -0.1) is 6.58 Å². The van der Waals surface area contributed by atoms with Gasteiger partial charge in [0.15, 0.2) is 0 Å². The molecule has 1 amide bonds. The molecule has 0 aliphatic rings. The van der Waals surface area contributed by atoms with Crippen molar-refractivity contribution < 1.29 is 8.98 Å². The third-order valence-corrected chi connectivity index (χ3v) is 1.95. The number of hydrogen-bond donors (Lipinski definition) is 1. The smallest absolute Gasteiger partial charge is 0.363 e. The molecule has 0 radical (unpaired) electrons. The Morgan fingerprint density at radius 2 is 2.56 bits per heavy atom. The van der Waals surface area contributed by atoms with E-state index in [1.807, 2.05) is 0 Å². The van der Waals surface area contributed by atoms with E-state index in [2.05, 4.69) is 16.5 Å². The number of carbonyl (C=O) groups excluding carboxylic acids is 1. The predicted molar refractivity (Wildman–Crippen MR) is 40.9 cm³/mol. The topological polar surface area (TPSA) is 52.3 Å². The van der Waals surface area contributed by atoms with Crippen LogP contribution in [0.2, 0.25) is 0 Å². The Bertz CT molecular complexity index is 107. The van der Waals surface area contributed by atoms with Gasteiger partial charge in [-0.25, -0.2) is 4.79 Å². The van der Waals surface area contributed by atoms with Gasteiger partial charge in [-0.2, -0.15) is 0 Å². The van der Waals surface area contributed by atoms with Crippen molar-refractivity contribution >= 4 is 28.0 Å². The summed E-state index contributed by atoms with van der Waals surface area (Å²) < 4.78 is 4.31. The Hall–Kier alpha value is -0.290. The molecule has 0 heterocycles. The minimum Gasteiger partial charge on any atom is -0.363 e. The van der Waals surface area contributed by atoms with Crippen LogP contribution < -0.4 is 5.73 Å². The van der Waals surface area contributed by atoms with Crippen molar-refractivity contribution in [1.82, 2.24) is 0 Å². The third-order valence-electron chi connectivity index (χ3n) is 0.350. The minimum absolute atomic E-state index is 0.734. The van der Waals surface area contributed by atoms with Gasteiger partial charge in [0.25, 0.3) is 0 Å². The number of primary amides is 1. The van der Waals surface area contributed by atoms with Crippen LogP contribution in [-0.4, -0.2) is 11.8 Å². The van der Waals surface area contributed by atoms with Crippen LogP contribution in [0, 0.1) is 0 Å². The number of hydrogen-bond acceptors (Lipinski definition) is 4. The van der Waals surface area contributed by atoms with Crippen molar-refractivity contribution in [3.63, 3.8) is 0 Å². The monoisotopic (exact) mass is 165 g/mol. The molecule has 0 rings (SSSR count). The first kappa shape index (κ1) is 8.71. The molecule has 0 saturated heterocycles. The van der Waals surface area contributed by atoms with Gasteiger partial charge in [0.05, 0.1) is 0 Å². The van der Waals surface area contributed by atoms with Gasteiger partial charge in [-0.3, -0.25) is 0 Å².